The van der Waals surface area contributed by atoms with E-state index in [9.17, 15) is 9.18 Å². The van der Waals surface area contributed by atoms with E-state index in [1.54, 1.807) is 12.1 Å². The number of hydrogen-bond acceptors (Lipinski definition) is 2. The molecule has 0 fully saturated rings. The van der Waals surface area contributed by atoms with Gasteiger partial charge in [-0.3, -0.25) is 4.79 Å². The Morgan fingerprint density at radius 2 is 1.61 bits per heavy atom. The number of benzene rings is 2. The van der Waals surface area contributed by atoms with Crippen LogP contribution in [0.15, 0.2) is 48.5 Å². The molecule has 0 spiro atoms. The summed E-state index contributed by atoms with van der Waals surface area (Å²) < 4.78 is 12.8. The number of amides is 1. The van der Waals surface area contributed by atoms with Crippen molar-refractivity contribution in [3.05, 3.63) is 65.5 Å². The number of nitrogens with one attached hydrogen (secondary N) is 2. The molecule has 0 heterocycles. The quantitative estimate of drug-likeness (QED) is 0.782. The van der Waals surface area contributed by atoms with Gasteiger partial charge in [0.1, 0.15) is 5.82 Å². The first-order valence-corrected chi connectivity index (χ1v) is 8.01. The lowest BCUT2D eigenvalue weighted by Gasteiger charge is -2.08. The van der Waals surface area contributed by atoms with Crippen molar-refractivity contribution in [2.45, 2.75) is 26.2 Å². The number of carbonyl (C=O) groups is 1. The molecule has 0 saturated heterocycles. The Hall–Kier alpha value is -2.36. The first-order chi connectivity index (χ1) is 11.2. The third-order valence-electron chi connectivity index (χ3n) is 3.69. The minimum absolute atomic E-state index is 0.0183. The summed E-state index contributed by atoms with van der Waals surface area (Å²) in [5.41, 5.74) is 3.34. The fourth-order valence-electron chi connectivity index (χ4n) is 2.26. The van der Waals surface area contributed by atoms with Crippen molar-refractivity contribution in [1.82, 2.24) is 5.32 Å². The Morgan fingerprint density at radius 3 is 2.26 bits per heavy atom. The van der Waals surface area contributed by atoms with Gasteiger partial charge in [-0.2, -0.15) is 0 Å². The number of halogens is 1. The van der Waals surface area contributed by atoms with Crippen LogP contribution < -0.4 is 10.6 Å². The van der Waals surface area contributed by atoms with E-state index in [2.05, 4.69) is 29.7 Å². The number of rotatable bonds is 8. The molecule has 0 saturated carbocycles. The molecule has 0 aromatic heterocycles. The van der Waals surface area contributed by atoms with Crippen LogP contribution >= 0.6 is 0 Å². The molecule has 0 unspecified atom stereocenters. The van der Waals surface area contributed by atoms with Crippen LogP contribution in [0.1, 0.15) is 24.5 Å². The normalized spacial score (nSPS) is 10.3. The molecule has 2 aromatic carbocycles. The highest BCUT2D eigenvalue weighted by Gasteiger charge is 2.01. The third kappa shape index (κ3) is 6.10. The largest absolute Gasteiger partial charge is 0.385 e. The van der Waals surface area contributed by atoms with Gasteiger partial charge in [0.2, 0.25) is 5.91 Å². The van der Waals surface area contributed by atoms with Gasteiger partial charge in [0.05, 0.1) is 0 Å². The first kappa shape index (κ1) is 17.0. The van der Waals surface area contributed by atoms with E-state index < -0.39 is 0 Å². The summed E-state index contributed by atoms with van der Waals surface area (Å²) in [4.78, 5) is 11.8. The second-order valence-corrected chi connectivity index (χ2v) is 5.45. The zero-order chi connectivity index (χ0) is 16.5. The number of anilines is 1. The highest BCUT2D eigenvalue weighted by Crippen LogP contribution is 2.09. The maximum Gasteiger partial charge on any atom is 0.221 e. The average Bonchev–Trinajstić information content (AvgIpc) is 2.57. The molecular formula is C19H23FN2O. The topological polar surface area (TPSA) is 41.1 Å². The number of hydrogen-bond donors (Lipinski definition) is 2. The van der Waals surface area contributed by atoms with Crippen LogP contribution in [0.3, 0.4) is 0 Å². The number of aryl methyl sites for hydroxylation is 1. The lowest BCUT2D eigenvalue weighted by atomic mass is 10.1. The van der Waals surface area contributed by atoms with E-state index in [0.717, 1.165) is 17.7 Å². The zero-order valence-electron chi connectivity index (χ0n) is 13.4. The summed E-state index contributed by atoms with van der Waals surface area (Å²) >= 11 is 0. The van der Waals surface area contributed by atoms with Crippen LogP contribution in [0.4, 0.5) is 10.1 Å². The van der Waals surface area contributed by atoms with Gasteiger partial charge in [0.15, 0.2) is 0 Å². The smallest absolute Gasteiger partial charge is 0.221 e. The van der Waals surface area contributed by atoms with Crippen molar-refractivity contribution in [2.24, 2.45) is 0 Å². The maximum absolute atomic E-state index is 12.8. The summed E-state index contributed by atoms with van der Waals surface area (Å²) in [6, 6.07) is 14.6. The van der Waals surface area contributed by atoms with Gasteiger partial charge < -0.3 is 10.6 Å². The molecule has 3 nitrogen and oxygen atoms in total. The molecule has 23 heavy (non-hydrogen) atoms. The van der Waals surface area contributed by atoms with E-state index in [1.165, 1.54) is 17.7 Å². The SMILES string of the molecule is CCc1ccc(NCCC(=O)NCCc2ccc(F)cc2)cc1. The number of carbonyl (C=O) groups excluding carboxylic acids is 1. The molecule has 0 aliphatic heterocycles. The van der Waals surface area contributed by atoms with Crippen molar-refractivity contribution in [1.29, 1.82) is 0 Å². The Morgan fingerprint density at radius 1 is 0.957 bits per heavy atom. The molecule has 0 bridgehead atoms. The lowest BCUT2D eigenvalue weighted by Crippen LogP contribution is -2.27. The van der Waals surface area contributed by atoms with Gasteiger partial charge in [-0.05, 0) is 48.2 Å². The Labute approximate surface area is 136 Å². The predicted molar refractivity (Wildman–Crippen MR) is 92.0 cm³/mol. The Bertz CT molecular complexity index is 608. The van der Waals surface area contributed by atoms with Crippen molar-refractivity contribution in [2.75, 3.05) is 18.4 Å². The molecule has 4 heteroatoms. The van der Waals surface area contributed by atoms with Crippen molar-refractivity contribution in [3.63, 3.8) is 0 Å². The van der Waals surface area contributed by atoms with E-state index in [-0.39, 0.29) is 11.7 Å². The summed E-state index contributed by atoms with van der Waals surface area (Å²) in [5.74, 6) is -0.222. The van der Waals surface area contributed by atoms with Gasteiger partial charge in [-0.25, -0.2) is 4.39 Å². The summed E-state index contributed by atoms with van der Waals surface area (Å²) in [6.45, 7) is 3.29. The molecule has 2 rings (SSSR count). The molecule has 0 radical (unpaired) electrons. The molecule has 122 valence electrons. The van der Waals surface area contributed by atoms with Crippen LogP contribution in [0, 0.1) is 5.82 Å². The molecule has 0 aliphatic carbocycles. The lowest BCUT2D eigenvalue weighted by molar-refractivity contribution is -0.120. The van der Waals surface area contributed by atoms with E-state index in [1.807, 2.05) is 12.1 Å². The van der Waals surface area contributed by atoms with E-state index in [4.69, 9.17) is 0 Å². The highest BCUT2D eigenvalue weighted by molar-refractivity contribution is 5.76. The minimum atomic E-state index is -0.240. The second-order valence-electron chi connectivity index (χ2n) is 5.45. The highest BCUT2D eigenvalue weighted by atomic mass is 19.1. The van der Waals surface area contributed by atoms with Gasteiger partial charge in [-0.1, -0.05) is 31.2 Å². The van der Waals surface area contributed by atoms with E-state index >= 15 is 0 Å². The summed E-state index contributed by atoms with van der Waals surface area (Å²) in [7, 11) is 0. The van der Waals surface area contributed by atoms with Crippen LogP contribution in [-0.4, -0.2) is 19.0 Å². The molecule has 1 amide bonds. The molecule has 2 aromatic rings. The molecule has 2 N–H and O–H groups in total. The van der Waals surface area contributed by atoms with Gasteiger partial charge >= 0.3 is 0 Å². The van der Waals surface area contributed by atoms with Gasteiger partial charge in [0.25, 0.3) is 0 Å². The standard InChI is InChI=1S/C19H23FN2O/c1-2-15-5-9-18(10-6-15)21-14-12-19(23)22-13-11-16-3-7-17(20)8-4-16/h3-10,21H,2,11-14H2,1H3,(H,22,23). The molecule has 0 atom stereocenters. The Kier molecular flexibility index (Phi) is 6.60. The van der Waals surface area contributed by atoms with Crippen molar-refractivity contribution < 1.29 is 9.18 Å². The minimum Gasteiger partial charge on any atom is -0.385 e. The van der Waals surface area contributed by atoms with Crippen LogP contribution in [0.25, 0.3) is 0 Å². The Balaban J connectivity index is 1.62. The van der Waals surface area contributed by atoms with Gasteiger partial charge in [0, 0.05) is 25.2 Å². The fraction of sp³-hybridized carbons (Fsp3) is 0.316. The van der Waals surface area contributed by atoms with Crippen molar-refractivity contribution in [3.8, 4) is 0 Å². The summed E-state index contributed by atoms with van der Waals surface area (Å²) in [6.07, 6.45) is 2.16. The predicted octanol–water partition coefficient (Wildman–Crippen LogP) is 3.55. The zero-order valence-corrected chi connectivity index (χ0v) is 13.4. The van der Waals surface area contributed by atoms with E-state index in [0.29, 0.717) is 25.9 Å². The van der Waals surface area contributed by atoms with Crippen LogP contribution in [-0.2, 0) is 17.6 Å². The van der Waals surface area contributed by atoms with Crippen molar-refractivity contribution >= 4 is 11.6 Å². The van der Waals surface area contributed by atoms with Crippen LogP contribution in [0.5, 0.6) is 0 Å². The maximum atomic E-state index is 12.8. The van der Waals surface area contributed by atoms with Crippen LogP contribution in [0.2, 0.25) is 0 Å². The molecular weight excluding hydrogens is 291 g/mol. The molecule has 0 aliphatic rings. The van der Waals surface area contributed by atoms with Gasteiger partial charge in [-0.15, -0.1) is 0 Å². The summed E-state index contributed by atoms with van der Waals surface area (Å²) in [5, 5.41) is 6.12. The fourth-order valence-corrected chi connectivity index (χ4v) is 2.26. The monoisotopic (exact) mass is 314 g/mol. The first-order valence-electron chi connectivity index (χ1n) is 8.01. The third-order valence-corrected chi connectivity index (χ3v) is 3.69. The average molecular weight is 314 g/mol. The second kappa shape index (κ2) is 8.93.